The van der Waals surface area contributed by atoms with Gasteiger partial charge < -0.3 is 5.11 Å². The van der Waals surface area contributed by atoms with Crippen molar-refractivity contribution >= 4 is 17.6 Å². The molecule has 0 aliphatic carbocycles. The molecule has 0 unspecified atom stereocenters. The second kappa shape index (κ2) is 5.01. The maximum atomic E-state index is 14.1. The van der Waals surface area contributed by atoms with E-state index < -0.39 is 11.8 Å². The predicted molar refractivity (Wildman–Crippen MR) is 69.6 cm³/mol. The van der Waals surface area contributed by atoms with Crippen LogP contribution >= 0.6 is 11.6 Å². The van der Waals surface area contributed by atoms with Crippen molar-refractivity contribution in [2.75, 3.05) is 0 Å². The molecule has 2 rings (SSSR count). The van der Waals surface area contributed by atoms with E-state index >= 15 is 0 Å². The van der Waals surface area contributed by atoms with Gasteiger partial charge in [0.15, 0.2) is 0 Å². The third-order valence-electron chi connectivity index (χ3n) is 2.76. The van der Waals surface area contributed by atoms with Crippen molar-refractivity contribution in [2.24, 2.45) is 0 Å². The second-order valence-electron chi connectivity index (χ2n) is 4.43. The SMILES string of the molecule is CC(C)c1c(-n2cc(C(=O)O)cn2)ccc(Cl)c1F. The Morgan fingerprint density at radius 2 is 2.16 bits per heavy atom. The molecular weight excluding hydrogens is 271 g/mol. The molecule has 0 amide bonds. The highest BCUT2D eigenvalue weighted by atomic mass is 35.5. The summed E-state index contributed by atoms with van der Waals surface area (Å²) in [4.78, 5) is 10.8. The fraction of sp³-hybridized carbons (Fsp3) is 0.231. The first-order chi connectivity index (χ1) is 8.91. The van der Waals surface area contributed by atoms with Crippen LogP contribution in [0.25, 0.3) is 5.69 Å². The molecule has 0 aliphatic rings. The van der Waals surface area contributed by atoms with Crippen LogP contribution in [0.1, 0.15) is 35.7 Å². The highest BCUT2D eigenvalue weighted by Gasteiger charge is 2.18. The number of carbonyl (C=O) groups is 1. The van der Waals surface area contributed by atoms with Crippen LogP contribution in [0.2, 0.25) is 5.02 Å². The molecule has 0 saturated heterocycles. The van der Waals surface area contributed by atoms with Gasteiger partial charge in [0, 0.05) is 11.8 Å². The standard InChI is InChI=1S/C13H12ClFN2O2/c1-7(2)11-10(4-3-9(14)12(11)15)17-6-8(5-16-17)13(18)19/h3-7H,1-2H3,(H,18,19). The van der Waals surface area contributed by atoms with Crippen LogP contribution in [0.15, 0.2) is 24.5 Å². The van der Waals surface area contributed by atoms with Crippen LogP contribution in [0.5, 0.6) is 0 Å². The van der Waals surface area contributed by atoms with E-state index in [2.05, 4.69) is 5.10 Å². The lowest BCUT2D eigenvalue weighted by Crippen LogP contribution is -2.05. The topological polar surface area (TPSA) is 55.1 Å². The zero-order chi connectivity index (χ0) is 14.2. The van der Waals surface area contributed by atoms with E-state index in [1.165, 1.54) is 23.1 Å². The Balaban J connectivity index is 2.61. The largest absolute Gasteiger partial charge is 0.478 e. The predicted octanol–water partition coefficient (Wildman–Crippen LogP) is 3.49. The van der Waals surface area contributed by atoms with E-state index in [4.69, 9.17) is 16.7 Å². The number of nitrogens with zero attached hydrogens (tertiary/aromatic N) is 2. The summed E-state index contributed by atoms with van der Waals surface area (Å²) in [5.74, 6) is -1.68. The molecular formula is C13H12ClFN2O2. The number of hydrogen-bond donors (Lipinski definition) is 1. The summed E-state index contributed by atoms with van der Waals surface area (Å²) in [6.07, 6.45) is 2.57. The average Bonchev–Trinajstić information content (AvgIpc) is 2.81. The number of carboxylic acid groups (broad SMARTS) is 1. The van der Waals surface area contributed by atoms with Gasteiger partial charge in [-0.3, -0.25) is 0 Å². The third kappa shape index (κ3) is 2.46. The number of hydrogen-bond acceptors (Lipinski definition) is 2. The van der Waals surface area contributed by atoms with Crippen molar-refractivity contribution < 1.29 is 14.3 Å². The molecule has 0 saturated carbocycles. The minimum atomic E-state index is -1.08. The first kappa shape index (κ1) is 13.5. The van der Waals surface area contributed by atoms with Crippen molar-refractivity contribution in [3.8, 4) is 5.69 Å². The number of halogens is 2. The van der Waals surface area contributed by atoms with Crippen molar-refractivity contribution in [1.82, 2.24) is 9.78 Å². The molecule has 0 bridgehead atoms. The first-order valence-electron chi connectivity index (χ1n) is 5.68. The van der Waals surface area contributed by atoms with Gasteiger partial charge >= 0.3 is 5.97 Å². The van der Waals surface area contributed by atoms with Gasteiger partial charge in [-0.1, -0.05) is 25.4 Å². The van der Waals surface area contributed by atoms with Gasteiger partial charge in [0.2, 0.25) is 0 Å². The normalized spacial score (nSPS) is 11.0. The van der Waals surface area contributed by atoms with Crippen LogP contribution < -0.4 is 0 Å². The van der Waals surface area contributed by atoms with Crippen LogP contribution in [0.3, 0.4) is 0 Å². The van der Waals surface area contributed by atoms with E-state index in [-0.39, 0.29) is 16.5 Å². The monoisotopic (exact) mass is 282 g/mol. The summed E-state index contributed by atoms with van der Waals surface area (Å²) in [5, 5.41) is 12.9. The van der Waals surface area contributed by atoms with Gasteiger partial charge in [-0.15, -0.1) is 0 Å². The molecule has 0 atom stereocenters. The Bertz CT molecular complexity index is 638. The number of benzene rings is 1. The Hall–Kier alpha value is -1.88. The summed E-state index contributed by atoms with van der Waals surface area (Å²) in [7, 11) is 0. The highest BCUT2D eigenvalue weighted by Crippen LogP contribution is 2.30. The van der Waals surface area contributed by atoms with Crippen LogP contribution in [0.4, 0.5) is 4.39 Å². The Labute approximate surface area is 114 Å². The van der Waals surface area contributed by atoms with E-state index in [1.54, 1.807) is 6.07 Å². The minimum absolute atomic E-state index is 0.0399. The average molecular weight is 283 g/mol. The molecule has 0 aliphatic heterocycles. The number of rotatable bonds is 3. The molecule has 4 nitrogen and oxygen atoms in total. The van der Waals surface area contributed by atoms with E-state index in [0.717, 1.165) is 0 Å². The van der Waals surface area contributed by atoms with Gasteiger partial charge in [0.05, 0.1) is 22.5 Å². The quantitative estimate of drug-likeness (QED) is 0.937. The Morgan fingerprint density at radius 1 is 1.47 bits per heavy atom. The number of carboxylic acids is 1. The Kier molecular flexibility index (Phi) is 3.57. The second-order valence-corrected chi connectivity index (χ2v) is 4.83. The molecule has 6 heteroatoms. The van der Waals surface area contributed by atoms with Gasteiger partial charge in [-0.05, 0) is 18.1 Å². The maximum Gasteiger partial charge on any atom is 0.338 e. The van der Waals surface area contributed by atoms with Gasteiger partial charge in [0.25, 0.3) is 0 Å². The van der Waals surface area contributed by atoms with Crippen molar-refractivity contribution in [2.45, 2.75) is 19.8 Å². The Morgan fingerprint density at radius 3 is 2.68 bits per heavy atom. The van der Waals surface area contributed by atoms with Gasteiger partial charge in [-0.25, -0.2) is 13.9 Å². The van der Waals surface area contributed by atoms with Crippen LogP contribution in [-0.2, 0) is 0 Å². The lowest BCUT2D eigenvalue weighted by molar-refractivity contribution is 0.0697. The molecule has 100 valence electrons. The lowest BCUT2D eigenvalue weighted by atomic mass is 10.0. The van der Waals surface area contributed by atoms with Crippen LogP contribution in [0, 0.1) is 5.82 Å². The lowest BCUT2D eigenvalue weighted by Gasteiger charge is -2.14. The zero-order valence-corrected chi connectivity index (χ0v) is 11.1. The summed E-state index contributed by atoms with van der Waals surface area (Å²) in [5.41, 5.74) is 0.946. The number of aromatic nitrogens is 2. The van der Waals surface area contributed by atoms with E-state index in [1.807, 2.05) is 13.8 Å². The van der Waals surface area contributed by atoms with Gasteiger partial charge in [-0.2, -0.15) is 5.10 Å². The maximum absolute atomic E-state index is 14.1. The van der Waals surface area contributed by atoms with E-state index in [9.17, 15) is 9.18 Å². The molecule has 0 radical (unpaired) electrons. The fourth-order valence-corrected chi connectivity index (χ4v) is 2.03. The smallest absolute Gasteiger partial charge is 0.338 e. The first-order valence-corrected chi connectivity index (χ1v) is 6.06. The number of aromatic carboxylic acids is 1. The van der Waals surface area contributed by atoms with E-state index in [0.29, 0.717) is 11.3 Å². The molecule has 1 aromatic carbocycles. The molecule has 0 spiro atoms. The van der Waals surface area contributed by atoms with Gasteiger partial charge in [0.1, 0.15) is 5.82 Å². The van der Waals surface area contributed by atoms with Crippen LogP contribution in [-0.4, -0.2) is 20.9 Å². The van der Waals surface area contributed by atoms with Crippen molar-refractivity contribution in [3.63, 3.8) is 0 Å². The van der Waals surface area contributed by atoms with Crippen molar-refractivity contribution in [1.29, 1.82) is 0 Å². The molecule has 19 heavy (non-hydrogen) atoms. The molecule has 1 heterocycles. The molecule has 0 fully saturated rings. The fourth-order valence-electron chi connectivity index (χ4n) is 1.87. The third-order valence-corrected chi connectivity index (χ3v) is 3.06. The summed E-state index contributed by atoms with van der Waals surface area (Å²) in [6.45, 7) is 3.67. The molecule has 2 aromatic rings. The highest BCUT2D eigenvalue weighted by molar-refractivity contribution is 6.30. The minimum Gasteiger partial charge on any atom is -0.478 e. The summed E-state index contributed by atoms with van der Waals surface area (Å²) in [6, 6.07) is 3.06. The molecule has 1 aromatic heterocycles. The summed E-state index contributed by atoms with van der Waals surface area (Å²) >= 11 is 5.77. The molecule has 1 N–H and O–H groups in total. The zero-order valence-electron chi connectivity index (χ0n) is 10.4. The van der Waals surface area contributed by atoms with Crippen molar-refractivity contribution in [3.05, 3.63) is 46.5 Å². The summed E-state index contributed by atoms with van der Waals surface area (Å²) < 4.78 is 15.4.